The highest BCUT2D eigenvalue weighted by atomic mass is 16.7. The van der Waals surface area contributed by atoms with Gasteiger partial charge < -0.3 is 14.2 Å². The van der Waals surface area contributed by atoms with Crippen LogP contribution >= 0.6 is 0 Å². The topological polar surface area (TPSA) is 44.8 Å². The van der Waals surface area contributed by atoms with Crippen LogP contribution in [0.2, 0.25) is 0 Å². The summed E-state index contributed by atoms with van der Waals surface area (Å²) < 4.78 is 15.3. The number of ether oxygens (including phenoxy) is 3. The van der Waals surface area contributed by atoms with Gasteiger partial charge in [-0.15, -0.1) is 0 Å². The third-order valence-electron chi connectivity index (χ3n) is 1.56. The van der Waals surface area contributed by atoms with E-state index in [1.54, 1.807) is 25.2 Å². The van der Waals surface area contributed by atoms with Crippen LogP contribution in [0.15, 0.2) is 24.3 Å². The quantitative estimate of drug-likeness (QED) is 0.276. The normalized spacial score (nSPS) is 11.8. The Morgan fingerprint density at radius 3 is 2.19 bits per heavy atom. The maximum atomic E-state index is 10.9. The Labute approximate surface area is 96.9 Å². The molecule has 4 nitrogen and oxygen atoms in total. The summed E-state index contributed by atoms with van der Waals surface area (Å²) in [6, 6.07) is 0. The summed E-state index contributed by atoms with van der Waals surface area (Å²) in [5, 5.41) is 0. The van der Waals surface area contributed by atoms with Gasteiger partial charge in [-0.25, -0.2) is 4.79 Å². The molecule has 0 aliphatic heterocycles. The molecule has 0 aromatic heterocycles. The zero-order chi connectivity index (χ0) is 12.2. The minimum absolute atomic E-state index is 0.350. The first-order chi connectivity index (χ1) is 7.74. The molecule has 0 atom stereocenters. The summed E-state index contributed by atoms with van der Waals surface area (Å²) >= 11 is 0. The third kappa shape index (κ3) is 8.20. The summed E-state index contributed by atoms with van der Waals surface area (Å²) in [5.74, 6) is -0.350. The molecule has 16 heavy (non-hydrogen) atoms. The van der Waals surface area contributed by atoms with Crippen LogP contribution in [-0.2, 0) is 19.0 Å². The van der Waals surface area contributed by atoms with Crippen LogP contribution in [0.1, 0.15) is 20.8 Å². The van der Waals surface area contributed by atoms with Gasteiger partial charge in [0.25, 0.3) is 0 Å². The van der Waals surface area contributed by atoms with E-state index >= 15 is 0 Å². The second-order valence-corrected chi connectivity index (χ2v) is 2.78. The van der Waals surface area contributed by atoms with E-state index in [1.807, 2.05) is 13.8 Å². The van der Waals surface area contributed by atoms with Crippen molar-refractivity contribution in [2.75, 3.05) is 19.8 Å². The van der Waals surface area contributed by atoms with Crippen molar-refractivity contribution in [2.24, 2.45) is 0 Å². The first-order valence-corrected chi connectivity index (χ1v) is 5.49. The molecule has 0 saturated heterocycles. The summed E-state index contributed by atoms with van der Waals surface area (Å²) in [7, 11) is 0. The molecule has 0 amide bonds. The fraction of sp³-hybridized carbons (Fsp3) is 0.583. The van der Waals surface area contributed by atoms with E-state index in [-0.39, 0.29) is 12.3 Å². The molecule has 0 heterocycles. The highest BCUT2D eigenvalue weighted by molar-refractivity contribution is 5.82. The molecule has 0 aromatic rings. The Balaban J connectivity index is 3.98. The lowest BCUT2D eigenvalue weighted by atomic mass is 10.4. The number of esters is 1. The molecule has 0 N–H and O–H groups in total. The van der Waals surface area contributed by atoms with Crippen molar-refractivity contribution in [1.82, 2.24) is 0 Å². The SMILES string of the molecule is CCOC(=O)/C=C\C=C\C(OCC)OCC. The Bertz CT molecular complexity index is 227. The first-order valence-electron chi connectivity index (χ1n) is 5.49. The van der Waals surface area contributed by atoms with E-state index in [9.17, 15) is 4.79 Å². The van der Waals surface area contributed by atoms with Gasteiger partial charge in [-0.2, -0.15) is 0 Å². The van der Waals surface area contributed by atoms with Gasteiger partial charge in [0.1, 0.15) is 0 Å². The van der Waals surface area contributed by atoms with Gasteiger partial charge >= 0.3 is 5.97 Å². The maximum absolute atomic E-state index is 10.9. The van der Waals surface area contributed by atoms with Crippen molar-refractivity contribution in [2.45, 2.75) is 27.1 Å². The molecule has 0 aromatic carbocycles. The molecule has 0 saturated carbocycles. The molecular weight excluding hydrogens is 208 g/mol. The number of hydrogen-bond acceptors (Lipinski definition) is 4. The predicted molar refractivity (Wildman–Crippen MR) is 62.0 cm³/mol. The molecule has 0 fully saturated rings. The van der Waals surface area contributed by atoms with Crippen LogP contribution in [0.3, 0.4) is 0 Å². The second kappa shape index (κ2) is 10.4. The molecule has 0 spiro atoms. The molecule has 0 aliphatic carbocycles. The van der Waals surface area contributed by atoms with Crippen LogP contribution in [0.5, 0.6) is 0 Å². The number of hydrogen-bond donors (Lipinski definition) is 0. The molecule has 0 unspecified atom stereocenters. The molecule has 0 radical (unpaired) electrons. The monoisotopic (exact) mass is 228 g/mol. The Morgan fingerprint density at radius 1 is 1.06 bits per heavy atom. The van der Waals surface area contributed by atoms with E-state index < -0.39 is 0 Å². The van der Waals surface area contributed by atoms with Crippen LogP contribution < -0.4 is 0 Å². The van der Waals surface area contributed by atoms with E-state index in [2.05, 4.69) is 0 Å². The molecule has 0 bridgehead atoms. The predicted octanol–water partition coefficient (Wildman–Crippen LogP) is 2.06. The number of carbonyl (C=O) groups is 1. The minimum atomic E-state index is -0.359. The highest BCUT2D eigenvalue weighted by Crippen LogP contribution is 1.97. The smallest absolute Gasteiger partial charge is 0.330 e. The molecule has 0 rings (SSSR count). The van der Waals surface area contributed by atoms with Crippen molar-refractivity contribution < 1.29 is 19.0 Å². The van der Waals surface area contributed by atoms with Gasteiger partial charge in [-0.05, 0) is 26.8 Å². The van der Waals surface area contributed by atoms with E-state index in [1.165, 1.54) is 6.08 Å². The summed E-state index contributed by atoms with van der Waals surface area (Å²) in [5.41, 5.74) is 0. The molecule has 0 aliphatic rings. The van der Waals surface area contributed by atoms with Gasteiger partial charge in [0, 0.05) is 19.3 Å². The van der Waals surface area contributed by atoms with Crippen LogP contribution in [0.4, 0.5) is 0 Å². The largest absolute Gasteiger partial charge is 0.463 e. The molecular formula is C12H20O4. The fourth-order valence-electron chi connectivity index (χ4n) is 0.967. The average Bonchev–Trinajstić information content (AvgIpc) is 2.25. The van der Waals surface area contributed by atoms with Gasteiger partial charge in [0.2, 0.25) is 0 Å². The van der Waals surface area contributed by atoms with Crippen molar-refractivity contribution in [1.29, 1.82) is 0 Å². The highest BCUT2D eigenvalue weighted by Gasteiger charge is 2.00. The third-order valence-corrected chi connectivity index (χ3v) is 1.56. The van der Waals surface area contributed by atoms with Gasteiger partial charge in [0.05, 0.1) is 6.61 Å². The zero-order valence-corrected chi connectivity index (χ0v) is 10.1. The van der Waals surface area contributed by atoms with Gasteiger partial charge in [-0.1, -0.05) is 12.2 Å². The summed E-state index contributed by atoms with van der Waals surface area (Å²) in [6.45, 7) is 7.10. The van der Waals surface area contributed by atoms with Crippen molar-refractivity contribution in [3.8, 4) is 0 Å². The van der Waals surface area contributed by atoms with Crippen molar-refractivity contribution in [3.63, 3.8) is 0 Å². The summed E-state index contributed by atoms with van der Waals surface area (Å²) in [6.07, 6.45) is 6.04. The number of allylic oxidation sites excluding steroid dienone is 2. The van der Waals surface area contributed by atoms with Crippen LogP contribution in [-0.4, -0.2) is 32.1 Å². The lowest BCUT2D eigenvalue weighted by molar-refractivity contribution is -0.137. The first kappa shape index (κ1) is 14.9. The Hall–Kier alpha value is -1.13. The van der Waals surface area contributed by atoms with E-state index in [4.69, 9.17) is 14.2 Å². The zero-order valence-electron chi connectivity index (χ0n) is 10.1. The molecule has 92 valence electrons. The van der Waals surface area contributed by atoms with Crippen LogP contribution in [0, 0.1) is 0 Å². The standard InChI is InChI=1S/C12H20O4/c1-4-14-11(13)9-7-8-10-12(15-5-2)16-6-3/h7-10,12H,4-6H2,1-3H3/b9-7-,10-8+. The van der Waals surface area contributed by atoms with Gasteiger partial charge in [-0.3, -0.25) is 0 Å². The van der Waals surface area contributed by atoms with Crippen molar-refractivity contribution >= 4 is 5.97 Å². The molecule has 4 heteroatoms. The van der Waals surface area contributed by atoms with E-state index in [0.29, 0.717) is 19.8 Å². The Kier molecular flexibility index (Phi) is 9.66. The Morgan fingerprint density at radius 2 is 1.69 bits per heavy atom. The van der Waals surface area contributed by atoms with Crippen LogP contribution in [0.25, 0.3) is 0 Å². The maximum Gasteiger partial charge on any atom is 0.330 e. The second-order valence-electron chi connectivity index (χ2n) is 2.78. The average molecular weight is 228 g/mol. The number of carbonyl (C=O) groups excluding carboxylic acids is 1. The lowest BCUT2D eigenvalue weighted by Crippen LogP contribution is -2.13. The summed E-state index contributed by atoms with van der Waals surface area (Å²) in [4.78, 5) is 10.9. The van der Waals surface area contributed by atoms with E-state index in [0.717, 1.165) is 0 Å². The van der Waals surface area contributed by atoms with Crippen molar-refractivity contribution in [3.05, 3.63) is 24.3 Å². The number of rotatable bonds is 8. The van der Waals surface area contributed by atoms with Gasteiger partial charge in [0.15, 0.2) is 6.29 Å². The minimum Gasteiger partial charge on any atom is -0.463 e. The lowest BCUT2D eigenvalue weighted by Gasteiger charge is -2.11. The fourth-order valence-corrected chi connectivity index (χ4v) is 0.967.